The fraction of sp³-hybridized carbons (Fsp3) is 0.727. The number of imidazole rings is 1. The van der Waals surface area contributed by atoms with Crippen LogP contribution in [0.2, 0.25) is 0 Å². The van der Waals surface area contributed by atoms with E-state index in [0.717, 1.165) is 12.4 Å². The van der Waals surface area contributed by atoms with Crippen LogP contribution in [0, 0.1) is 6.92 Å². The molecule has 4 nitrogen and oxygen atoms in total. The van der Waals surface area contributed by atoms with Crippen LogP contribution in [0.5, 0.6) is 0 Å². The molecule has 1 fully saturated rings. The first kappa shape index (κ1) is 10.6. The fourth-order valence-electron chi connectivity index (χ4n) is 2.17. The topological polar surface area (TPSA) is 44.0 Å². The molecule has 0 aliphatic carbocycles. The molecule has 0 saturated carbocycles. The van der Waals surface area contributed by atoms with Crippen LogP contribution < -0.4 is 5.32 Å². The number of aryl methyl sites for hydroxylation is 1. The van der Waals surface area contributed by atoms with E-state index in [2.05, 4.69) is 27.2 Å². The van der Waals surface area contributed by atoms with E-state index in [9.17, 15) is 0 Å². The largest absolute Gasteiger partial charge is 0.345 e. The van der Waals surface area contributed by atoms with E-state index < -0.39 is 0 Å². The van der Waals surface area contributed by atoms with Gasteiger partial charge >= 0.3 is 0 Å². The van der Waals surface area contributed by atoms with Crippen LogP contribution in [0.25, 0.3) is 0 Å². The number of aromatic amines is 1. The van der Waals surface area contributed by atoms with Crippen LogP contribution in [-0.4, -0.2) is 41.0 Å². The molecule has 0 unspecified atom stereocenters. The zero-order valence-electron chi connectivity index (χ0n) is 9.58. The van der Waals surface area contributed by atoms with Crippen molar-refractivity contribution < 1.29 is 0 Å². The van der Waals surface area contributed by atoms with E-state index >= 15 is 0 Å². The number of hydrogen-bond donors (Lipinski definition) is 2. The first-order valence-corrected chi connectivity index (χ1v) is 5.68. The van der Waals surface area contributed by atoms with E-state index in [1.807, 2.05) is 13.1 Å². The van der Waals surface area contributed by atoms with Crippen molar-refractivity contribution >= 4 is 0 Å². The number of H-pyrrole nitrogens is 1. The van der Waals surface area contributed by atoms with Gasteiger partial charge in [0.25, 0.3) is 0 Å². The molecule has 0 bridgehead atoms. The molecule has 1 aliphatic heterocycles. The Bertz CT molecular complexity index is 299. The second-order valence-corrected chi connectivity index (χ2v) is 4.33. The standard InChI is InChI=1S/C11H20N4/c1-9-13-7-11(14-9)8-15-5-3-10(12-2)4-6-15/h7,10,12H,3-6,8H2,1-2H3,(H,13,14). The van der Waals surface area contributed by atoms with Crippen molar-refractivity contribution in [1.82, 2.24) is 20.2 Å². The summed E-state index contributed by atoms with van der Waals surface area (Å²) in [5, 5.41) is 3.35. The minimum Gasteiger partial charge on any atom is -0.345 e. The molecule has 4 heteroatoms. The molecule has 1 saturated heterocycles. The zero-order valence-corrected chi connectivity index (χ0v) is 9.58. The molecular weight excluding hydrogens is 188 g/mol. The third-order valence-electron chi connectivity index (χ3n) is 3.15. The van der Waals surface area contributed by atoms with Gasteiger partial charge in [0.15, 0.2) is 0 Å². The molecular formula is C11H20N4. The Hall–Kier alpha value is -0.870. The van der Waals surface area contributed by atoms with Crippen molar-refractivity contribution in [3.05, 3.63) is 17.7 Å². The Morgan fingerprint density at radius 1 is 1.53 bits per heavy atom. The van der Waals surface area contributed by atoms with Crippen LogP contribution >= 0.6 is 0 Å². The Balaban J connectivity index is 1.82. The first-order valence-electron chi connectivity index (χ1n) is 5.68. The maximum absolute atomic E-state index is 4.22. The summed E-state index contributed by atoms with van der Waals surface area (Å²) in [4.78, 5) is 9.99. The highest BCUT2D eigenvalue weighted by atomic mass is 15.2. The van der Waals surface area contributed by atoms with E-state index in [-0.39, 0.29) is 0 Å². The Morgan fingerprint density at radius 2 is 2.27 bits per heavy atom. The molecule has 0 radical (unpaired) electrons. The number of piperidine rings is 1. The molecule has 15 heavy (non-hydrogen) atoms. The Labute approximate surface area is 91.1 Å². The van der Waals surface area contributed by atoms with E-state index in [1.54, 1.807) is 0 Å². The van der Waals surface area contributed by atoms with Gasteiger partial charge in [0.05, 0.1) is 0 Å². The van der Waals surface area contributed by atoms with Gasteiger partial charge in [0, 0.05) is 37.6 Å². The van der Waals surface area contributed by atoms with E-state index in [0.29, 0.717) is 6.04 Å². The molecule has 1 aromatic heterocycles. The maximum Gasteiger partial charge on any atom is 0.103 e. The number of hydrogen-bond acceptors (Lipinski definition) is 3. The van der Waals surface area contributed by atoms with Crippen LogP contribution in [0.1, 0.15) is 24.4 Å². The predicted octanol–water partition coefficient (Wildman–Crippen LogP) is 0.902. The number of rotatable bonds is 3. The van der Waals surface area contributed by atoms with Gasteiger partial charge in [-0.25, -0.2) is 4.98 Å². The van der Waals surface area contributed by atoms with Gasteiger partial charge in [-0.1, -0.05) is 0 Å². The second-order valence-electron chi connectivity index (χ2n) is 4.33. The maximum atomic E-state index is 4.22. The molecule has 0 atom stereocenters. The van der Waals surface area contributed by atoms with Crippen molar-refractivity contribution in [2.75, 3.05) is 20.1 Å². The number of likely N-dealkylation sites (tertiary alicyclic amines) is 1. The molecule has 1 aromatic rings. The van der Waals surface area contributed by atoms with Gasteiger partial charge < -0.3 is 10.3 Å². The van der Waals surface area contributed by atoms with E-state index in [4.69, 9.17) is 0 Å². The minimum absolute atomic E-state index is 0.713. The van der Waals surface area contributed by atoms with Gasteiger partial charge in [0.2, 0.25) is 0 Å². The predicted molar refractivity (Wildman–Crippen MR) is 60.7 cm³/mol. The SMILES string of the molecule is CNC1CCN(Cc2cnc(C)[nH]2)CC1. The van der Waals surface area contributed by atoms with Gasteiger partial charge in [-0.05, 0) is 26.8 Å². The zero-order chi connectivity index (χ0) is 10.7. The first-order chi connectivity index (χ1) is 7.28. The van der Waals surface area contributed by atoms with Crippen molar-refractivity contribution in [1.29, 1.82) is 0 Å². The third kappa shape index (κ3) is 2.79. The summed E-state index contributed by atoms with van der Waals surface area (Å²) in [5.74, 6) is 1.01. The van der Waals surface area contributed by atoms with E-state index in [1.165, 1.54) is 31.6 Å². The van der Waals surface area contributed by atoms with Gasteiger partial charge in [-0.15, -0.1) is 0 Å². The molecule has 2 N–H and O–H groups in total. The summed E-state index contributed by atoms with van der Waals surface area (Å²) in [6.07, 6.45) is 4.45. The lowest BCUT2D eigenvalue weighted by molar-refractivity contribution is 0.193. The van der Waals surface area contributed by atoms with Crippen LogP contribution in [-0.2, 0) is 6.54 Å². The van der Waals surface area contributed by atoms with Crippen molar-refractivity contribution in [2.24, 2.45) is 0 Å². The smallest absolute Gasteiger partial charge is 0.103 e. The van der Waals surface area contributed by atoms with Gasteiger partial charge in [-0.3, -0.25) is 4.90 Å². The highest BCUT2D eigenvalue weighted by molar-refractivity contribution is 5.00. The summed E-state index contributed by atoms with van der Waals surface area (Å²) in [6, 6.07) is 0.713. The lowest BCUT2D eigenvalue weighted by Gasteiger charge is -2.31. The highest BCUT2D eigenvalue weighted by Gasteiger charge is 2.17. The third-order valence-corrected chi connectivity index (χ3v) is 3.15. The lowest BCUT2D eigenvalue weighted by Crippen LogP contribution is -2.40. The molecule has 0 aromatic carbocycles. The van der Waals surface area contributed by atoms with Crippen molar-refractivity contribution in [3.63, 3.8) is 0 Å². The summed E-state index contributed by atoms with van der Waals surface area (Å²) in [5.41, 5.74) is 1.23. The summed E-state index contributed by atoms with van der Waals surface area (Å²) in [7, 11) is 2.05. The lowest BCUT2D eigenvalue weighted by atomic mass is 10.1. The second kappa shape index (κ2) is 4.77. The van der Waals surface area contributed by atoms with Crippen LogP contribution in [0.3, 0.4) is 0 Å². The number of nitrogens with zero attached hydrogens (tertiary/aromatic N) is 2. The normalized spacial score (nSPS) is 19.6. The minimum atomic E-state index is 0.713. The number of aromatic nitrogens is 2. The monoisotopic (exact) mass is 208 g/mol. The molecule has 1 aliphatic rings. The van der Waals surface area contributed by atoms with Gasteiger partial charge in [-0.2, -0.15) is 0 Å². The Morgan fingerprint density at radius 3 is 2.80 bits per heavy atom. The molecule has 0 spiro atoms. The quantitative estimate of drug-likeness (QED) is 0.775. The average molecular weight is 208 g/mol. The summed E-state index contributed by atoms with van der Waals surface area (Å²) < 4.78 is 0. The fourth-order valence-corrected chi connectivity index (χ4v) is 2.17. The Kier molecular flexibility index (Phi) is 3.38. The van der Waals surface area contributed by atoms with Crippen molar-refractivity contribution in [3.8, 4) is 0 Å². The average Bonchev–Trinajstić information content (AvgIpc) is 2.65. The van der Waals surface area contributed by atoms with Crippen molar-refractivity contribution in [2.45, 2.75) is 32.4 Å². The highest BCUT2D eigenvalue weighted by Crippen LogP contribution is 2.12. The van der Waals surface area contributed by atoms with Crippen LogP contribution in [0.4, 0.5) is 0 Å². The molecule has 2 rings (SSSR count). The summed E-state index contributed by atoms with van der Waals surface area (Å²) >= 11 is 0. The van der Waals surface area contributed by atoms with Gasteiger partial charge in [0.1, 0.15) is 5.82 Å². The summed E-state index contributed by atoms with van der Waals surface area (Å²) in [6.45, 7) is 5.38. The molecule has 84 valence electrons. The molecule has 2 heterocycles. The molecule has 0 amide bonds. The number of nitrogens with one attached hydrogen (secondary N) is 2. The van der Waals surface area contributed by atoms with Crippen LogP contribution in [0.15, 0.2) is 6.20 Å².